The van der Waals surface area contributed by atoms with Crippen molar-refractivity contribution in [3.63, 3.8) is 0 Å². The van der Waals surface area contributed by atoms with E-state index in [1.807, 2.05) is 57.2 Å². The number of rotatable bonds is 4. The van der Waals surface area contributed by atoms with Gasteiger partial charge in [0.1, 0.15) is 5.60 Å². The van der Waals surface area contributed by atoms with Crippen LogP contribution in [0.5, 0.6) is 0 Å². The Balaban J connectivity index is 1.56. The number of fused-ring (bicyclic) bond motifs is 1. The van der Waals surface area contributed by atoms with E-state index in [2.05, 4.69) is 9.88 Å². The zero-order chi connectivity index (χ0) is 22.2. The number of hydrogen-bond donors (Lipinski definition) is 1. The van der Waals surface area contributed by atoms with Gasteiger partial charge in [0, 0.05) is 29.2 Å². The molecule has 1 aromatic heterocycles. The predicted molar refractivity (Wildman–Crippen MR) is 125 cm³/mol. The van der Waals surface area contributed by atoms with Crippen LogP contribution in [0.1, 0.15) is 32.8 Å². The summed E-state index contributed by atoms with van der Waals surface area (Å²) >= 11 is 12.5. The molecule has 0 aliphatic carbocycles. The fourth-order valence-electron chi connectivity index (χ4n) is 3.72. The number of carbonyl (C=O) groups is 1. The molecule has 8 heteroatoms. The number of halogens is 2. The molecule has 1 aliphatic rings. The molecule has 0 saturated carbocycles. The lowest BCUT2D eigenvalue weighted by Gasteiger charge is -2.24. The smallest absolute Gasteiger partial charge is 0.410 e. The van der Waals surface area contributed by atoms with E-state index >= 15 is 0 Å². The van der Waals surface area contributed by atoms with Crippen molar-refractivity contribution >= 4 is 46.3 Å². The number of aromatic nitrogens is 2. The second kappa shape index (κ2) is 8.60. The third-order valence-corrected chi connectivity index (χ3v) is 5.76. The number of imidazole rings is 1. The summed E-state index contributed by atoms with van der Waals surface area (Å²) in [6, 6.07) is 13.6. The van der Waals surface area contributed by atoms with Crippen molar-refractivity contribution in [3.05, 3.63) is 58.1 Å². The van der Waals surface area contributed by atoms with E-state index in [-0.39, 0.29) is 12.1 Å². The van der Waals surface area contributed by atoms with Crippen LogP contribution in [0.2, 0.25) is 10.0 Å². The highest BCUT2D eigenvalue weighted by Crippen LogP contribution is 2.27. The molecule has 0 spiro atoms. The minimum Gasteiger partial charge on any atom is -0.444 e. The highest BCUT2D eigenvalue weighted by atomic mass is 35.5. The maximum absolute atomic E-state index is 12.4. The Morgan fingerprint density at radius 1 is 1.23 bits per heavy atom. The van der Waals surface area contributed by atoms with Crippen LogP contribution >= 0.6 is 23.2 Å². The molecule has 1 N–H and O–H groups in total. The van der Waals surface area contributed by atoms with Crippen LogP contribution in [0.15, 0.2) is 42.5 Å². The molecule has 31 heavy (non-hydrogen) atoms. The van der Waals surface area contributed by atoms with E-state index in [0.717, 1.165) is 29.0 Å². The quantitative estimate of drug-likeness (QED) is 0.533. The average Bonchev–Trinajstić information content (AvgIpc) is 3.28. The summed E-state index contributed by atoms with van der Waals surface area (Å²) in [6.45, 7) is 7.40. The number of amides is 1. The monoisotopic (exact) mass is 460 g/mol. The lowest BCUT2D eigenvalue weighted by molar-refractivity contribution is 0.0293. The summed E-state index contributed by atoms with van der Waals surface area (Å²) in [5, 5.41) is 4.76. The Kier molecular flexibility index (Phi) is 6.04. The summed E-state index contributed by atoms with van der Waals surface area (Å²) in [5.41, 5.74) is 2.36. The molecule has 1 fully saturated rings. The Labute approximate surface area is 192 Å². The number of likely N-dealkylation sites (tertiary alicyclic amines) is 1. The van der Waals surface area contributed by atoms with Crippen LogP contribution in [-0.4, -0.2) is 45.3 Å². The zero-order valence-electron chi connectivity index (χ0n) is 17.9. The molecular formula is C23H26Cl2N4O2. The third kappa shape index (κ3) is 5.08. The average molecular weight is 461 g/mol. The summed E-state index contributed by atoms with van der Waals surface area (Å²) < 4.78 is 7.62. The molecule has 0 bridgehead atoms. The van der Waals surface area contributed by atoms with Gasteiger partial charge in [0.15, 0.2) is 0 Å². The van der Waals surface area contributed by atoms with E-state index in [0.29, 0.717) is 29.7 Å². The standard InChI is InChI=1S/C23H26Cl2N4O2/c1-23(2,3)31-22(30)28-11-10-17(14-28)26-21-27-19-6-4-5-7-20(19)29(21)13-15-8-9-16(24)12-18(15)25/h4-9,12,17H,10-11,13-14H2,1-3H3,(H,26,27). The number of para-hydroxylation sites is 2. The fourth-order valence-corrected chi connectivity index (χ4v) is 4.19. The van der Waals surface area contributed by atoms with Crippen LogP contribution < -0.4 is 5.32 Å². The topological polar surface area (TPSA) is 59.4 Å². The number of nitrogens with one attached hydrogen (secondary N) is 1. The van der Waals surface area contributed by atoms with Crippen LogP contribution in [-0.2, 0) is 11.3 Å². The van der Waals surface area contributed by atoms with Gasteiger partial charge in [-0.1, -0.05) is 41.4 Å². The van der Waals surface area contributed by atoms with Crippen molar-refractivity contribution in [1.82, 2.24) is 14.5 Å². The number of benzene rings is 2. The molecule has 4 rings (SSSR count). The van der Waals surface area contributed by atoms with Crippen LogP contribution in [0.4, 0.5) is 10.7 Å². The SMILES string of the molecule is CC(C)(C)OC(=O)N1CCC(Nc2nc3ccccc3n2Cc2ccc(Cl)cc2Cl)C1. The molecule has 6 nitrogen and oxygen atoms in total. The molecule has 164 valence electrons. The first-order valence-electron chi connectivity index (χ1n) is 10.3. The number of hydrogen-bond acceptors (Lipinski definition) is 4. The molecule has 0 radical (unpaired) electrons. The van der Waals surface area contributed by atoms with Crippen LogP contribution in [0.3, 0.4) is 0 Å². The number of carbonyl (C=O) groups excluding carboxylic acids is 1. The van der Waals surface area contributed by atoms with Gasteiger partial charge in [0.25, 0.3) is 0 Å². The molecule has 1 unspecified atom stereocenters. The molecule has 1 saturated heterocycles. The van der Waals surface area contributed by atoms with Crippen molar-refractivity contribution < 1.29 is 9.53 Å². The first-order chi connectivity index (χ1) is 14.7. The number of anilines is 1. The van der Waals surface area contributed by atoms with Gasteiger partial charge in [0.05, 0.1) is 17.6 Å². The minimum atomic E-state index is -0.506. The Morgan fingerprint density at radius 2 is 2.00 bits per heavy atom. The van der Waals surface area contributed by atoms with Gasteiger partial charge in [0.2, 0.25) is 5.95 Å². The van der Waals surface area contributed by atoms with Gasteiger partial charge in [-0.3, -0.25) is 0 Å². The zero-order valence-corrected chi connectivity index (χ0v) is 19.4. The molecule has 2 aromatic carbocycles. The summed E-state index contributed by atoms with van der Waals surface area (Å²) in [4.78, 5) is 18.9. The van der Waals surface area contributed by atoms with Crippen molar-refractivity contribution in [2.75, 3.05) is 18.4 Å². The Bertz CT molecular complexity index is 1110. The van der Waals surface area contributed by atoms with E-state index in [1.54, 1.807) is 11.0 Å². The summed E-state index contributed by atoms with van der Waals surface area (Å²) in [6.07, 6.45) is 0.544. The minimum absolute atomic E-state index is 0.0868. The Morgan fingerprint density at radius 3 is 2.74 bits per heavy atom. The van der Waals surface area contributed by atoms with Gasteiger partial charge >= 0.3 is 6.09 Å². The molecule has 1 amide bonds. The first kappa shape index (κ1) is 21.8. The van der Waals surface area contributed by atoms with Gasteiger partial charge in [-0.2, -0.15) is 0 Å². The largest absolute Gasteiger partial charge is 0.444 e. The van der Waals surface area contributed by atoms with E-state index in [4.69, 9.17) is 32.9 Å². The van der Waals surface area contributed by atoms with E-state index < -0.39 is 5.60 Å². The summed E-state index contributed by atoms with van der Waals surface area (Å²) in [5.74, 6) is 0.753. The van der Waals surface area contributed by atoms with Crippen molar-refractivity contribution in [2.24, 2.45) is 0 Å². The molecule has 1 aliphatic heterocycles. The molecule has 1 atom stereocenters. The highest BCUT2D eigenvalue weighted by molar-refractivity contribution is 6.35. The first-order valence-corrected chi connectivity index (χ1v) is 11.1. The van der Waals surface area contributed by atoms with Gasteiger partial charge in [-0.05, 0) is 57.0 Å². The van der Waals surface area contributed by atoms with Gasteiger partial charge < -0.3 is 19.5 Å². The van der Waals surface area contributed by atoms with Crippen molar-refractivity contribution in [1.29, 1.82) is 0 Å². The fraction of sp³-hybridized carbons (Fsp3) is 0.391. The molecular weight excluding hydrogens is 435 g/mol. The van der Waals surface area contributed by atoms with Gasteiger partial charge in [-0.25, -0.2) is 9.78 Å². The maximum atomic E-state index is 12.4. The van der Waals surface area contributed by atoms with E-state index in [9.17, 15) is 4.79 Å². The normalized spacial score (nSPS) is 16.7. The third-order valence-electron chi connectivity index (χ3n) is 5.17. The predicted octanol–water partition coefficient (Wildman–Crippen LogP) is 5.81. The number of nitrogens with zero attached hydrogens (tertiary/aromatic N) is 3. The maximum Gasteiger partial charge on any atom is 0.410 e. The lowest BCUT2D eigenvalue weighted by atomic mass is 10.2. The molecule has 2 heterocycles. The second-order valence-electron chi connectivity index (χ2n) is 8.80. The summed E-state index contributed by atoms with van der Waals surface area (Å²) in [7, 11) is 0. The Hall–Kier alpha value is -2.44. The van der Waals surface area contributed by atoms with Crippen LogP contribution in [0, 0.1) is 0 Å². The highest BCUT2D eigenvalue weighted by Gasteiger charge is 2.30. The lowest BCUT2D eigenvalue weighted by Crippen LogP contribution is -2.36. The van der Waals surface area contributed by atoms with Gasteiger partial charge in [-0.15, -0.1) is 0 Å². The molecule has 3 aromatic rings. The van der Waals surface area contributed by atoms with Crippen LogP contribution in [0.25, 0.3) is 11.0 Å². The second-order valence-corrected chi connectivity index (χ2v) is 9.65. The number of ether oxygens (including phenoxy) is 1. The van der Waals surface area contributed by atoms with Crippen molar-refractivity contribution in [2.45, 2.75) is 45.4 Å². The van der Waals surface area contributed by atoms with Crippen molar-refractivity contribution in [3.8, 4) is 0 Å². The van der Waals surface area contributed by atoms with E-state index in [1.165, 1.54) is 0 Å².